The predicted octanol–water partition coefficient (Wildman–Crippen LogP) is 4.74. The molecule has 0 aromatic heterocycles. The highest BCUT2D eigenvalue weighted by molar-refractivity contribution is 5.55. The van der Waals surface area contributed by atoms with E-state index in [1.165, 1.54) is 19.3 Å². The van der Waals surface area contributed by atoms with Gasteiger partial charge in [0.05, 0.1) is 0 Å². The first-order chi connectivity index (χ1) is 10.9. The highest BCUT2D eigenvalue weighted by atomic mass is 17.1. The topological polar surface area (TPSA) is 107 Å². The molecule has 6 heteroatoms. The van der Waals surface area contributed by atoms with Gasteiger partial charge < -0.3 is 5.11 Å². The summed E-state index contributed by atoms with van der Waals surface area (Å²) in [5.74, 6) is 1.46. The average Bonchev–Trinajstić information content (AvgIpc) is 2.56. The molecule has 0 spiro atoms. The van der Waals surface area contributed by atoms with Crippen molar-refractivity contribution in [3.05, 3.63) is 35.4 Å². The monoisotopic (exact) mass is 328 g/mol. The van der Waals surface area contributed by atoms with Crippen LogP contribution in [0, 0.1) is 11.8 Å². The number of fused-ring (bicyclic) bond motifs is 1. The van der Waals surface area contributed by atoms with Gasteiger partial charge in [0, 0.05) is 5.41 Å². The van der Waals surface area contributed by atoms with Crippen molar-refractivity contribution in [2.75, 3.05) is 0 Å². The molecule has 132 valence electrons. The van der Waals surface area contributed by atoms with Gasteiger partial charge >= 0.3 is 6.16 Å². The van der Waals surface area contributed by atoms with E-state index in [2.05, 4.69) is 56.8 Å². The van der Waals surface area contributed by atoms with Gasteiger partial charge in [0.25, 0.3) is 0 Å². The molecule has 0 aliphatic heterocycles. The van der Waals surface area contributed by atoms with Gasteiger partial charge in [0.1, 0.15) is 0 Å². The number of benzene rings is 1. The largest absolute Gasteiger partial charge is 0.537 e. The molecule has 0 heterocycles. The maximum Gasteiger partial charge on any atom is 0.537 e. The molecule has 0 bridgehead atoms. The minimum absolute atomic E-state index is 0.412. The summed E-state index contributed by atoms with van der Waals surface area (Å²) in [4.78, 5) is 11.6. The summed E-state index contributed by atoms with van der Waals surface area (Å²) in [6, 6.07) is 9.10. The molecular weight excluding hydrogens is 300 g/mol. The zero-order chi connectivity index (χ0) is 18.0. The first-order valence-electron chi connectivity index (χ1n) is 7.69. The zero-order valence-corrected chi connectivity index (χ0v) is 14.2. The number of carboxylic acid groups (broad SMARTS) is 1. The molecule has 0 saturated heterocycles. The lowest BCUT2D eigenvalue weighted by atomic mass is 9.58. The number of hydrogen-bond acceptors (Lipinski definition) is 5. The van der Waals surface area contributed by atoms with Crippen LogP contribution in [0.1, 0.15) is 51.7 Å². The summed E-state index contributed by atoms with van der Waals surface area (Å²) in [6.45, 7) is 9.56. The number of hydrogen-bond donors (Lipinski definition) is 4. The summed E-state index contributed by atoms with van der Waals surface area (Å²) in [7, 11) is 0. The standard InChI is InChI=1S/C16H24.CH2O4.H2O2/c1-12(2)16(13(3)4)11-7-9-14-8-5-6-10-15(14)16;2-1(3)5-4;1-2/h5-6,8,10,12-13H,7,9,11H2,1-4H3;4H,(H,2,3);1-2H. The molecule has 1 aliphatic rings. The minimum atomic E-state index is -1.69. The summed E-state index contributed by atoms with van der Waals surface area (Å²) in [6.07, 6.45) is 2.30. The van der Waals surface area contributed by atoms with Crippen molar-refractivity contribution in [3.8, 4) is 0 Å². The molecule has 23 heavy (non-hydrogen) atoms. The van der Waals surface area contributed by atoms with Crippen LogP contribution in [0.25, 0.3) is 0 Å². The lowest BCUT2D eigenvalue weighted by Crippen LogP contribution is -2.41. The molecule has 0 unspecified atom stereocenters. The minimum Gasteiger partial charge on any atom is -0.448 e. The van der Waals surface area contributed by atoms with Gasteiger partial charge in [-0.3, -0.25) is 15.4 Å². The van der Waals surface area contributed by atoms with Crippen LogP contribution in [0.15, 0.2) is 24.3 Å². The quantitative estimate of drug-likeness (QED) is 0.461. The van der Waals surface area contributed by atoms with Gasteiger partial charge in [0.15, 0.2) is 0 Å². The Morgan fingerprint density at radius 2 is 1.61 bits per heavy atom. The van der Waals surface area contributed by atoms with Crippen LogP contribution in [-0.2, 0) is 16.7 Å². The van der Waals surface area contributed by atoms with Crippen LogP contribution in [0.2, 0.25) is 0 Å². The molecule has 6 nitrogen and oxygen atoms in total. The van der Waals surface area contributed by atoms with Crippen LogP contribution in [0.3, 0.4) is 0 Å². The Morgan fingerprint density at radius 1 is 1.13 bits per heavy atom. The summed E-state index contributed by atoms with van der Waals surface area (Å²) in [5.41, 5.74) is 3.64. The van der Waals surface area contributed by atoms with Crippen molar-refractivity contribution >= 4 is 6.16 Å². The highest BCUT2D eigenvalue weighted by Gasteiger charge is 2.41. The van der Waals surface area contributed by atoms with Gasteiger partial charge in [0.2, 0.25) is 0 Å². The summed E-state index contributed by atoms with van der Waals surface area (Å²) < 4.78 is 0. The Labute approximate surface area is 137 Å². The lowest BCUT2D eigenvalue weighted by molar-refractivity contribution is -0.194. The van der Waals surface area contributed by atoms with Crippen LogP contribution < -0.4 is 0 Å². The predicted molar refractivity (Wildman–Crippen MR) is 87.7 cm³/mol. The van der Waals surface area contributed by atoms with E-state index >= 15 is 0 Å². The first-order valence-corrected chi connectivity index (χ1v) is 7.69. The van der Waals surface area contributed by atoms with E-state index in [1.807, 2.05) is 0 Å². The van der Waals surface area contributed by atoms with E-state index in [0.29, 0.717) is 5.41 Å². The normalized spacial score (nSPS) is 14.8. The number of carbonyl (C=O) groups is 1. The molecule has 0 atom stereocenters. The smallest absolute Gasteiger partial charge is 0.448 e. The molecule has 0 saturated carbocycles. The Balaban J connectivity index is 0.000000594. The van der Waals surface area contributed by atoms with Crippen molar-refractivity contribution in [2.45, 2.75) is 52.4 Å². The van der Waals surface area contributed by atoms with Crippen LogP contribution in [-0.4, -0.2) is 27.0 Å². The molecule has 1 aromatic carbocycles. The second kappa shape index (κ2) is 10.2. The van der Waals surface area contributed by atoms with Gasteiger partial charge in [-0.2, -0.15) is 5.26 Å². The van der Waals surface area contributed by atoms with E-state index in [-0.39, 0.29) is 0 Å². The van der Waals surface area contributed by atoms with Crippen LogP contribution >= 0.6 is 0 Å². The van der Waals surface area contributed by atoms with Crippen molar-refractivity contribution in [3.63, 3.8) is 0 Å². The van der Waals surface area contributed by atoms with Crippen molar-refractivity contribution in [1.29, 1.82) is 0 Å². The first kappa shape index (κ1) is 21.4. The molecule has 1 aromatic rings. The molecule has 1 aliphatic carbocycles. The molecule has 0 fully saturated rings. The average molecular weight is 328 g/mol. The van der Waals surface area contributed by atoms with Crippen LogP contribution in [0.4, 0.5) is 4.79 Å². The Hall–Kier alpha value is -1.63. The number of rotatable bonds is 2. The Morgan fingerprint density at radius 3 is 2.04 bits per heavy atom. The van der Waals surface area contributed by atoms with Gasteiger partial charge in [-0.15, -0.1) is 0 Å². The van der Waals surface area contributed by atoms with Gasteiger partial charge in [-0.25, -0.2) is 4.79 Å². The fourth-order valence-corrected chi connectivity index (χ4v) is 3.76. The SMILES string of the molecule is CC(C)C1(C(C)C)CCCc2ccccc21.O=C(O)OO.OO. The Kier molecular flexibility index (Phi) is 9.48. The maximum absolute atomic E-state index is 8.90. The van der Waals surface area contributed by atoms with Crippen molar-refractivity contribution in [1.82, 2.24) is 0 Å². The van der Waals surface area contributed by atoms with E-state index < -0.39 is 6.16 Å². The summed E-state index contributed by atoms with van der Waals surface area (Å²) in [5, 5.41) is 26.3. The third-order valence-corrected chi connectivity index (χ3v) is 4.69. The lowest BCUT2D eigenvalue weighted by Gasteiger charge is -2.46. The highest BCUT2D eigenvalue weighted by Crippen LogP contribution is 2.47. The zero-order valence-electron chi connectivity index (χ0n) is 14.2. The fraction of sp³-hybridized carbons (Fsp3) is 0.588. The maximum atomic E-state index is 8.90. The van der Waals surface area contributed by atoms with Crippen molar-refractivity contribution in [2.24, 2.45) is 11.8 Å². The molecule has 0 amide bonds. The molecule has 0 radical (unpaired) electrons. The van der Waals surface area contributed by atoms with Gasteiger partial charge in [-0.05, 0) is 42.2 Å². The second-order valence-corrected chi connectivity index (χ2v) is 6.22. The number of aryl methyl sites for hydroxylation is 1. The van der Waals surface area contributed by atoms with E-state index in [9.17, 15) is 0 Å². The molecule has 2 rings (SSSR count). The second-order valence-electron chi connectivity index (χ2n) is 6.22. The van der Waals surface area contributed by atoms with Crippen LogP contribution in [0.5, 0.6) is 0 Å². The van der Waals surface area contributed by atoms with Gasteiger partial charge in [-0.1, -0.05) is 52.0 Å². The van der Waals surface area contributed by atoms with E-state index in [4.69, 9.17) is 25.7 Å². The summed E-state index contributed by atoms with van der Waals surface area (Å²) >= 11 is 0. The molecular formula is C17H28O6. The third-order valence-electron chi connectivity index (χ3n) is 4.69. The van der Waals surface area contributed by atoms with E-state index in [0.717, 1.165) is 11.8 Å². The van der Waals surface area contributed by atoms with Crippen molar-refractivity contribution < 1.29 is 30.6 Å². The third kappa shape index (κ3) is 5.20. The van der Waals surface area contributed by atoms with E-state index in [1.54, 1.807) is 11.1 Å². The Bertz CT molecular complexity index is 462. The fourth-order valence-electron chi connectivity index (χ4n) is 3.76. The molecule has 4 N–H and O–H groups in total.